The zero-order valence-corrected chi connectivity index (χ0v) is 16.8. The number of benzene rings is 1. The van der Waals surface area contributed by atoms with E-state index in [0.717, 1.165) is 34.5 Å². The summed E-state index contributed by atoms with van der Waals surface area (Å²) in [4.78, 5) is 7.15. The van der Waals surface area contributed by atoms with E-state index in [9.17, 15) is 0 Å². The van der Waals surface area contributed by atoms with Crippen LogP contribution >= 0.6 is 0 Å². The lowest BCUT2D eigenvalue weighted by Gasteiger charge is -2.14. The third-order valence-electron chi connectivity index (χ3n) is 5.50. The Balaban J connectivity index is 1.97. The molecule has 0 atom stereocenters. The number of H-pyrrole nitrogens is 2. The summed E-state index contributed by atoms with van der Waals surface area (Å²) < 4.78 is 0. The van der Waals surface area contributed by atoms with Gasteiger partial charge in [-0.15, -0.1) is 0 Å². The van der Waals surface area contributed by atoms with E-state index in [-0.39, 0.29) is 0 Å². The number of aromatic nitrogens is 2. The summed E-state index contributed by atoms with van der Waals surface area (Å²) in [6.07, 6.45) is 15.6. The normalized spacial score (nSPS) is 15.0. The molecule has 28 heavy (non-hydrogen) atoms. The number of fused-ring (bicyclic) bond motifs is 4. The fraction of sp³-hybridized carbons (Fsp3) is 0.154. The number of nitrogens with one attached hydrogen (secondary N) is 2. The molecule has 2 nitrogen and oxygen atoms in total. The predicted molar refractivity (Wildman–Crippen MR) is 125 cm³/mol. The van der Waals surface area contributed by atoms with Crippen LogP contribution in [0.1, 0.15) is 58.7 Å². The fourth-order valence-electron chi connectivity index (χ4n) is 4.21. The van der Waals surface area contributed by atoms with Gasteiger partial charge >= 0.3 is 0 Å². The number of aryl methyl sites for hydroxylation is 1. The van der Waals surface area contributed by atoms with Crippen molar-refractivity contribution in [3.63, 3.8) is 0 Å². The zero-order valence-electron chi connectivity index (χ0n) is 16.8. The van der Waals surface area contributed by atoms with Crippen LogP contribution in [0.15, 0.2) is 37.4 Å². The van der Waals surface area contributed by atoms with Gasteiger partial charge in [0.15, 0.2) is 0 Å². The molecule has 0 amide bonds. The van der Waals surface area contributed by atoms with Gasteiger partial charge in [-0.05, 0) is 44.4 Å². The Hall–Kier alpha value is -3.26. The van der Waals surface area contributed by atoms with E-state index in [0.29, 0.717) is 0 Å². The van der Waals surface area contributed by atoms with E-state index in [1.807, 2.05) is 19.1 Å². The van der Waals surface area contributed by atoms with Gasteiger partial charge in [0, 0.05) is 44.7 Å². The second kappa shape index (κ2) is 7.05. The second-order valence-electron chi connectivity index (χ2n) is 7.28. The molecule has 140 valence electrons. The van der Waals surface area contributed by atoms with Crippen molar-refractivity contribution in [1.82, 2.24) is 9.97 Å². The molecule has 0 radical (unpaired) electrons. The van der Waals surface area contributed by atoms with Crippen molar-refractivity contribution in [3.8, 4) is 0 Å². The number of aromatic amines is 2. The molecule has 2 heterocycles. The molecule has 4 rings (SSSR count). The minimum absolute atomic E-state index is 0.812. The molecule has 1 aliphatic carbocycles. The maximum Gasteiger partial charge on any atom is 0.0538 e. The highest BCUT2D eigenvalue weighted by atomic mass is 14.7. The van der Waals surface area contributed by atoms with Gasteiger partial charge in [0.2, 0.25) is 0 Å². The third kappa shape index (κ3) is 2.73. The van der Waals surface area contributed by atoms with E-state index >= 15 is 0 Å². The van der Waals surface area contributed by atoms with Gasteiger partial charge in [0.25, 0.3) is 0 Å². The maximum atomic E-state index is 4.39. The van der Waals surface area contributed by atoms with Crippen LogP contribution in [0.5, 0.6) is 0 Å². The van der Waals surface area contributed by atoms with Crippen molar-refractivity contribution in [2.24, 2.45) is 0 Å². The van der Waals surface area contributed by atoms with E-state index < -0.39 is 0 Å². The highest BCUT2D eigenvalue weighted by molar-refractivity contribution is 6.00. The van der Waals surface area contributed by atoms with Crippen LogP contribution in [0.25, 0.3) is 46.9 Å². The molecular formula is C26H26N2. The molecule has 0 bridgehead atoms. The quantitative estimate of drug-likeness (QED) is 0.489. The lowest BCUT2D eigenvalue weighted by atomic mass is 9.91. The van der Waals surface area contributed by atoms with E-state index in [2.05, 4.69) is 79.5 Å². The lowest BCUT2D eigenvalue weighted by Crippen LogP contribution is -1.98. The molecule has 0 saturated carbocycles. The summed E-state index contributed by atoms with van der Waals surface area (Å²) in [5.74, 6) is 0. The second-order valence-corrected chi connectivity index (χ2v) is 7.28. The topological polar surface area (TPSA) is 31.6 Å². The monoisotopic (exact) mass is 366 g/mol. The average molecular weight is 367 g/mol. The van der Waals surface area contributed by atoms with Gasteiger partial charge < -0.3 is 9.97 Å². The molecule has 0 aliphatic heterocycles. The highest BCUT2D eigenvalue weighted by Crippen LogP contribution is 2.36. The minimum Gasteiger partial charge on any atom is -0.358 e. The Morgan fingerprint density at radius 2 is 1.71 bits per heavy atom. The summed E-state index contributed by atoms with van der Waals surface area (Å²) in [5, 5.41) is 1.26. The molecule has 2 N–H and O–H groups in total. The molecule has 1 aromatic carbocycles. The molecule has 2 aromatic heterocycles. The van der Waals surface area contributed by atoms with E-state index in [1.165, 1.54) is 33.3 Å². The number of hydrogen-bond donors (Lipinski definition) is 2. The van der Waals surface area contributed by atoms with E-state index in [4.69, 9.17) is 0 Å². The molecule has 3 aromatic rings. The minimum atomic E-state index is 0.812. The van der Waals surface area contributed by atoms with Gasteiger partial charge in [0.1, 0.15) is 0 Å². The number of rotatable bonds is 3. The van der Waals surface area contributed by atoms with Crippen molar-refractivity contribution in [1.29, 1.82) is 0 Å². The van der Waals surface area contributed by atoms with Crippen molar-refractivity contribution >= 4 is 46.9 Å². The molecular weight excluding hydrogens is 340 g/mol. The van der Waals surface area contributed by atoms with Crippen molar-refractivity contribution in [2.45, 2.75) is 27.2 Å². The molecule has 0 saturated heterocycles. The standard InChI is InChI=1S/C26H26N2/c1-6-9-20-17(5)27-26-21-13-14-22-19(8-3)24(10-7-2)28-25(22)16(4)15-18(21)11-12-23(20)26/h6-14,27-28H,3-4,15H2,1-2,5H3/b9-6-,10-7-,14-13-. The highest BCUT2D eigenvalue weighted by Gasteiger charge is 2.19. The Kier molecular flexibility index (Phi) is 4.56. The van der Waals surface area contributed by atoms with Crippen LogP contribution in [-0.4, -0.2) is 9.97 Å². The molecule has 2 heteroatoms. The van der Waals surface area contributed by atoms with Gasteiger partial charge in [0.05, 0.1) is 5.52 Å². The third-order valence-corrected chi connectivity index (χ3v) is 5.50. The summed E-state index contributed by atoms with van der Waals surface area (Å²) in [6, 6.07) is 4.47. The predicted octanol–water partition coefficient (Wildman–Crippen LogP) is 7.25. The van der Waals surface area contributed by atoms with Gasteiger partial charge in [-0.1, -0.05) is 61.7 Å². The maximum absolute atomic E-state index is 4.39. The van der Waals surface area contributed by atoms with Crippen molar-refractivity contribution in [2.75, 3.05) is 0 Å². The average Bonchev–Trinajstić information content (AvgIpc) is 3.17. The smallest absolute Gasteiger partial charge is 0.0538 e. The number of allylic oxidation sites excluding steroid dienone is 3. The van der Waals surface area contributed by atoms with Crippen LogP contribution in [0.2, 0.25) is 0 Å². The first-order chi connectivity index (χ1) is 13.6. The molecule has 0 spiro atoms. The summed E-state index contributed by atoms with van der Waals surface area (Å²) in [6.45, 7) is 14.6. The fourth-order valence-corrected chi connectivity index (χ4v) is 4.21. The van der Waals surface area contributed by atoms with Crippen molar-refractivity contribution < 1.29 is 0 Å². The van der Waals surface area contributed by atoms with Gasteiger partial charge in [-0.2, -0.15) is 0 Å². The first kappa shape index (κ1) is 18.1. The first-order valence-electron chi connectivity index (χ1n) is 9.73. The van der Waals surface area contributed by atoms with Crippen LogP contribution in [0.3, 0.4) is 0 Å². The van der Waals surface area contributed by atoms with Crippen LogP contribution in [0, 0.1) is 6.92 Å². The Morgan fingerprint density at radius 1 is 0.964 bits per heavy atom. The SMILES string of the molecule is C=Cc1c(/C=C\C)[nH]c2c1/C=C\c1c(ccc3c(/C=C\C)c(C)[nH]c13)CC2=C. The molecule has 0 unspecified atom stereocenters. The van der Waals surface area contributed by atoms with Crippen molar-refractivity contribution in [3.05, 3.63) is 82.3 Å². The summed E-state index contributed by atoms with van der Waals surface area (Å²) in [7, 11) is 0. The largest absolute Gasteiger partial charge is 0.358 e. The van der Waals surface area contributed by atoms with Gasteiger partial charge in [-0.25, -0.2) is 0 Å². The Bertz CT molecular complexity index is 1190. The molecule has 1 aliphatic rings. The van der Waals surface area contributed by atoms with Crippen LogP contribution in [0.4, 0.5) is 0 Å². The van der Waals surface area contributed by atoms with Crippen LogP contribution < -0.4 is 0 Å². The van der Waals surface area contributed by atoms with Gasteiger partial charge in [-0.3, -0.25) is 0 Å². The summed E-state index contributed by atoms with van der Waals surface area (Å²) >= 11 is 0. The number of hydrogen-bond acceptors (Lipinski definition) is 0. The first-order valence-corrected chi connectivity index (χ1v) is 9.73. The Morgan fingerprint density at radius 3 is 2.43 bits per heavy atom. The van der Waals surface area contributed by atoms with E-state index in [1.54, 1.807) is 0 Å². The molecule has 0 fully saturated rings. The summed E-state index contributed by atoms with van der Waals surface area (Å²) in [5.41, 5.74) is 11.7. The van der Waals surface area contributed by atoms with Crippen LogP contribution in [-0.2, 0) is 6.42 Å². The Labute approximate surface area is 166 Å². The zero-order chi connectivity index (χ0) is 19.8. The lowest BCUT2D eigenvalue weighted by molar-refractivity contribution is 1.22.